The van der Waals surface area contributed by atoms with Gasteiger partial charge in [-0.1, -0.05) is 18.2 Å². The number of para-hydroxylation sites is 1. The molecule has 3 heteroatoms. The zero-order valence-electron chi connectivity index (χ0n) is 11.6. The van der Waals surface area contributed by atoms with Crippen molar-refractivity contribution in [2.24, 2.45) is 0 Å². The molecule has 2 aromatic rings. The van der Waals surface area contributed by atoms with E-state index in [1.54, 1.807) is 0 Å². The Morgan fingerprint density at radius 2 is 2.05 bits per heavy atom. The van der Waals surface area contributed by atoms with E-state index in [2.05, 4.69) is 46.6 Å². The third kappa shape index (κ3) is 2.26. The highest BCUT2D eigenvalue weighted by Gasteiger charge is 2.16. The molecule has 1 N–H and O–H groups in total. The molecule has 0 aliphatic carbocycles. The van der Waals surface area contributed by atoms with Crippen LogP contribution in [0.5, 0.6) is 0 Å². The molecule has 100 valence electrons. The molecule has 1 aliphatic rings. The van der Waals surface area contributed by atoms with Crippen LogP contribution in [0.1, 0.15) is 16.7 Å². The fraction of sp³-hybridized carbons (Fsp3) is 0.235. The van der Waals surface area contributed by atoms with Gasteiger partial charge in [0.1, 0.15) is 0 Å². The third-order valence-electron chi connectivity index (χ3n) is 3.75. The summed E-state index contributed by atoms with van der Waals surface area (Å²) >= 11 is 0. The monoisotopic (exact) mass is 263 g/mol. The summed E-state index contributed by atoms with van der Waals surface area (Å²) < 4.78 is 0. The summed E-state index contributed by atoms with van der Waals surface area (Å²) in [5.41, 5.74) is 5.49. The predicted octanol–water partition coefficient (Wildman–Crippen LogP) is 3.11. The molecule has 20 heavy (non-hydrogen) atoms. The normalized spacial score (nSPS) is 14.3. The molecule has 0 saturated heterocycles. The summed E-state index contributed by atoms with van der Waals surface area (Å²) in [7, 11) is 0. The Hall–Kier alpha value is -2.31. The van der Waals surface area contributed by atoms with Crippen LogP contribution in [-0.2, 0) is 6.54 Å². The lowest BCUT2D eigenvalue weighted by Gasteiger charge is -2.25. The van der Waals surface area contributed by atoms with E-state index in [0.717, 1.165) is 36.4 Å². The van der Waals surface area contributed by atoms with Gasteiger partial charge in [0, 0.05) is 31.0 Å². The maximum Gasteiger partial charge on any atom is 0.0994 e. The Bertz CT molecular complexity index is 670. The quantitative estimate of drug-likeness (QED) is 0.859. The first-order valence-corrected chi connectivity index (χ1v) is 6.86. The average Bonchev–Trinajstić information content (AvgIpc) is 2.69. The Balaban J connectivity index is 2.06. The molecule has 3 nitrogen and oxygen atoms in total. The van der Waals surface area contributed by atoms with Crippen LogP contribution < -0.4 is 10.2 Å². The first kappa shape index (κ1) is 12.7. The van der Waals surface area contributed by atoms with E-state index in [9.17, 15) is 0 Å². The van der Waals surface area contributed by atoms with Gasteiger partial charge >= 0.3 is 0 Å². The largest absolute Gasteiger partial charge is 0.340 e. The van der Waals surface area contributed by atoms with Gasteiger partial charge in [-0.2, -0.15) is 5.26 Å². The van der Waals surface area contributed by atoms with Crippen molar-refractivity contribution in [1.29, 1.82) is 5.26 Å². The standard InChI is InChI=1S/C17H17N3/c1-13-10-16(7-6-14(13)11-18)20-9-8-19-12-15-4-2-3-5-17(15)20/h2-7,10,19H,8-9,12H2,1H3. The van der Waals surface area contributed by atoms with E-state index in [4.69, 9.17) is 5.26 Å². The molecule has 2 aromatic carbocycles. The number of benzene rings is 2. The fourth-order valence-electron chi connectivity index (χ4n) is 2.67. The van der Waals surface area contributed by atoms with Crippen LogP contribution in [0, 0.1) is 18.3 Å². The van der Waals surface area contributed by atoms with E-state index in [1.807, 2.05) is 19.1 Å². The molecule has 3 rings (SSSR count). The summed E-state index contributed by atoms with van der Waals surface area (Å²) in [6.45, 7) is 4.78. The lowest BCUT2D eigenvalue weighted by Crippen LogP contribution is -2.24. The van der Waals surface area contributed by atoms with E-state index in [-0.39, 0.29) is 0 Å². The van der Waals surface area contributed by atoms with Crippen molar-refractivity contribution < 1.29 is 0 Å². The van der Waals surface area contributed by atoms with Gasteiger partial charge in [-0.15, -0.1) is 0 Å². The highest BCUT2D eigenvalue weighted by atomic mass is 15.2. The van der Waals surface area contributed by atoms with Gasteiger partial charge in [0.2, 0.25) is 0 Å². The number of rotatable bonds is 1. The Morgan fingerprint density at radius 1 is 1.20 bits per heavy atom. The highest BCUT2D eigenvalue weighted by molar-refractivity contribution is 5.68. The summed E-state index contributed by atoms with van der Waals surface area (Å²) in [5.74, 6) is 0. The number of hydrogen-bond acceptors (Lipinski definition) is 3. The Labute approximate surface area is 119 Å². The number of anilines is 2. The molecule has 1 heterocycles. The minimum atomic E-state index is 0.745. The molecule has 0 atom stereocenters. The van der Waals surface area contributed by atoms with Crippen molar-refractivity contribution in [1.82, 2.24) is 5.32 Å². The molecule has 0 radical (unpaired) electrons. The number of aryl methyl sites for hydroxylation is 1. The van der Waals surface area contributed by atoms with Gasteiger partial charge in [-0.3, -0.25) is 0 Å². The Morgan fingerprint density at radius 3 is 2.85 bits per heavy atom. The zero-order valence-corrected chi connectivity index (χ0v) is 11.6. The van der Waals surface area contributed by atoms with Crippen LogP contribution in [0.3, 0.4) is 0 Å². The van der Waals surface area contributed by atoms with E-state index in [0.29, 0.717) is 0 Å². The molecule has 0 aromatic heterocycles. The smallest absolute Gasteiger partial charge is 0.0994 e. The molecule has 1 aliphatic heterocycles. The second-order valence-corrected chi connectivity index (χ2v) is 5.07. The predicted molar refractivity (Wildman–Crippen MR) is 81.0 cm³/mol. The average molecular weight is 263 g/mol. The van der Waals surface area contributed by atoms with Crippen molar-refractivity contribution in [2.45, 2.75) is 13.5 Å². The first-order valence-electron chi connectivity index (χ1n) is 6.86. The lowest BCUT2D eigenvalue weighted by molar-refractivity contribution is 0.712. The third-order valence-corrected chi connectivity index (χ3v) is 3.75. The highest BCUT2D eigenvalue weighted by Crippen LogP contribution is 2.30. The molecule has 0 fully saturated rings. The molecular formula is C17H17N3. The van der Waals surface area contributed by atoms with Gasteiger partial charge in [0.05, 0.1) is 11.6 Å². The van der Waals surface area contributed by atoms with Crippen LogP contribution in [-0.4, -0.2) is 13.1 Å². The van der Waals surface area contributed by atoms with Crippen LogP contribution in [0.25, 0.3) is 0 Å². The number of nitriles is 1. The minimum absolute atomic E-state index is 0.745. The van der Waals surface area contributed by atoms with Gasteiger partial charge < -0.3 is 10.2 Å². The summed E-state index contributed by atoms with van der Waals surface area (Å²) in [5, 5.41) is 12.5. The Kier molecular flexibility index (Phi) is 3.41. The van der Waals surface area contributed by atoms with Gasteiger partial charge in [0.25, 0.3) is 0 Å². The molecule has 0 spiro atoms. The van der Waals surface area contributed by atoms with Crippen molar-refractivity contribution in [2.75, 3.05) is 18.0 Å². The summed E-state index contributed by atoms with van der Waals surface area (Å²) in [6, 6.07) is 16.7. The molecular weight excluding hydrogens is 246 g/mol. The van der Waals surface area contributed by atoms with Crippen molar-refractivity contribution in [3.63, 3.8) is 0 Å². The van der Waals surface area contributed by atoms with Crippen LogP contribution in [0.4, 0.5) is 11.4 Å². The number of nitrogens with one attached hydrogen (secondary N) is 1. The lowest BCUT2D eigenvalue weighted by atomic mass is 10.1. The van der Waals surface area contributed by atoms with Crippen molar-refractivity contribution >= 4 is 11.4 Å². The van der Waals surface area contributed by atoms with Gasteiger partial charge in [0.15, 0.2) is 0 Å². The fourth-order valence-corrected chi connectivity index (χ4v) is 2.67. The second kappa shape index (κ2) is 5.36. The maximum absolute atomic E-state index is 9.05. The van der Waals surface area contributed by atoms with E-state index in [1.165, 1.54) is 11.3 Å². The van der Waals surface area contributed by atoms with Crippen molar-refractivity contribution in [3.8, 4) is 6.07 Å². The number of nitrogens with zero attached hydrogens (tertiary/aromatic N) is 2. The van der Waals surface area contributed by atoms with Crippen LogP contribution in [0.15, 0.2) is 42.5 Å². The topological polar surface area (TPSA) is 39.1 Å². The van der Waals surface area contributed by atoms with Crippen LogP contribution in [0.2, 0.25) is 0 Å². The summed E-state index contributed by atoms with van der Waals surface area (Å²) in [6.07, 6.45) is 0. The molecule has 0 unspecified atom stereocenters. The SMILES string of the molecule is Cc1cc(N2CCNCc3ccccc32)ccc1C#N. The minimum Gasteiger partial charge on any atom is -0.340 e. The molecule has 0 amide bonds. The second-order valence-electron chi connectivity index (χ2n) is 5.07. The van der Waals surface area contributed by atoms with Crippen LogP contribution >= 0.6 is 0 Å². The van der Waals surface area contributed by atoms with Crippen molar-refractivity contribution in [3.05, 3.63) is 59.2 Å². The van der Waals surface area contributed by atoms with E-state index < -0.39 is 0 Å². The van der Waals surface area contributed by atoms with Gasteiger partial charge in [-0.25, -0.2) is 0 Å². The first-order chi connectivity index (χ1) is 9.79. The zero-order chi connectivity index (χ0) is 13.9. The van der Waals surface area contributed by atoms with E-state index >= 15 is 0 Å². The number of hydrogen-bond donors (Lipinski definition) is 1. The summed E-state index contributed by atoms with van der Waals surface area (Å²) in [4.78, 5) is 2.32. The molecule has 0 bridgehead atoms. The maximum atomic E-state index is 9.05. The number of fused-ring (bicyclic) bond motifs is 1. The van der Waals surface area contributed by atoms with Gasteiger partial charge in [-0.05, 0) is 42.3 Å². The molecule has 0 saturated carbocycles.